The van der Waals surface area contributed by atoms with Crippen LogP contribution in [0.3, 0.4) is 0 Å². The number of ether oxygens (including phenoxy) is 1. The van der Waals surface area contributed by atoms with Gasteiger partial charge < -0.3 is 19.9 Å². The van der Waals surface area contributed by atoms with Gasteiger partial charge in [0.2, 0.25) is 11.8 Å². The van der Waals surface area contributed by atoms with Crippen molar-refractivity contribution in [3.63, 3.8) is 0 Å². The summed E-state index contributed by atoms with van der Waals surface area (Å²) in [5.74, 6) is 2.35. The first kappa shape index (κ1) is 21.1. The highest BCUT2D eigenvalue weighted by Gasteiger charge is 2.58. The van der Waals surface area contributed by atoms with Crippen LogP contribution in [0.15, 0.2) is 17.1 Å². The van der Waals surface area contributed by atoms with Gasteiger partial charge in [-0.3, -0.25) is 14.5 Å². The number of hydrogen-bond donors (Lipinski definition) is 2. The topological polar surface area (TPSA) is 114 Å². The molecule has 1 aromatic rings. The third-order valence-corrected chi connectivity index (χ3v) is 7.27. The molecule has 5 unspecified atom stereocenters. The van der Waals surface area contributed by atoms with Crippen molar-refractivity contribution in [3.8, 4) is 0 Å². The number of hydrogen-bond acceptors (Lipinski definition) is 6. The number of likely N-dealkylation sites (tertiary alicyclic amines) is 1. The molecule has 172 valence electrons. The van der Waals surface area contributed by atoms with Crippen LogP contribution in [0.25, 0.3) is 0 Å². The van der Waals surface area contributed by atoms with Crippen LogP contribution in [-0.4, -0.2) is 69.8 Å². The molecule has 1 aromatic heterocycles. The lowest BCUT2D eigenvalue weighted by Gasteiger charge is -2.19. The number of aliphatic imine (C=N–C) groups is 1. The third kappa shape index (κ3) is 3.80. The number of amides is 2. The Labute approximate surface area is 187 Å². The van der Waals surface area contributed by atoms with Crippen LogP contribution in [0.1, 0.15) is 30.9 Å². The molecule has 1 saturated carbocycles. The lowest BCUT2D eigenvalue weighted by Crippen LogP contribution is -2.45. The molecule has 10 heteroatoms. The number of aromatic nitrogens is 3. The zero-order valence-corrected chi connectivity index (χ0v) is 18.7. The SMILES string of the molecule is Cc1nnc(CN=C(NCCN2C(=O)C3C4C=CC(C4)C3C2=O)NCC2CCCO2)n1C. The fourth-order valence-corrected chi connectivity index (χ4v) is 5.40. The minimum atomic E-state index is -0.151. The summed E-state index contributed by atoms with van der Waals surface area (Å²) in [6.45, 7) is 4.51. The lowest BCUT2D eigenvalue weighted by atomic mass is 9.85. The second kappa shape index (κ2) is 8.65. The van der Waals surface area contributed by atoms with Gasteiger partial charge in [0.15, 0.2) is 11.8 Å². The quantitative estimate of drug-likeness (QED) is 0.268. The Bertz CT molecular complexity index is 919. The van der Waals surface area contributed by atoms with Gasteiger partial charge in [-0.15, -0.1) is 10.2 Å². The van der Waals surface area contributed by atoms with Gasteiger partial charge in [0, 0.05) is 33.3 Å². The van der Waals surface area contributed by atoms with Gasteiger partial charge in [0.25, 0.3) is 0 Å². The Morgan fingerprint density at radius 2 is 1.94 bits per heavy atom. The van der Waals surface area contributed by atoms with E-state index in [1.165, 1.54) is 4.90 Å². The second-order valence-electron chi connectivity index (χ2n) is 9.16. The summed E-state index contributed by atoms with van der Waals surface area (Å²) in [6, 6.07) is 0. The highest BCUT2D eigenvalue weighted by molar-refractivity contribution is 6.06. The van der Waals surface area contributed by atoms with E-state index in [2.05, 4.69) is 38.0 Å². The number of carbonyl (C=O) groups excluding carboxylic acids is 2. The Morgan fingerprint density at radius 3 is 2.56 bits per heavy atom. The van der Waals surface area contributed by atoms with Gasteiger partial charge in [-0.1, -0.05) is 12.2 Å². The monoisotopic (exact) mass is 441 g/mol. The first-order chi connectivity index (χ1) is 15.5. The molecule has 2 saturated heterocycles. The van der Waals surface area contributed by atoms with Gasteiger partial charge in [-0.2, -0.15) is 0 Å². The summed E-state index contributed by atoms with van der Waals surface area (Å²) in [4.78, 5) is 31.8. The lowest BCUT2D eigenvalue weighted by molar-refractivity contribution is -0.140. The number of rotatable bonds is 7. The van der Waals surface area contributed by atoms with E-state index in [0.29, 0.717) is 32.1 Å². The van der Waals surface area contributed by atoms with E-state index in [4.69, 9.17) is 4.74 Å². The molecule has 0 spiro atoms. The molecule has 5 atom stereocenters. The van der Waals surface area contributed by atoms with Gasteiger partial charge in [0.1, 0.15) is 12.4 Å². The van der Waals surface area contributed by atoms with Crippen molar-refractivity contribution in [2.45, 2.75) is 38.8 Å². The molecule has 5 rings (SSSR count). The minimum Gasteiger partial charge on any atom is -0.376 e. The minimum absolute atomic E-state index is 0.0148. The van der Waals surface area contributed by atoms with Crippen LogP contribution in [0.2, 0.25) is 0 Å². The van der Waals surface area contributed by atoms with E-state index in [1.807, 2.05) is 18.5 Å². The molecule has 0 aromatic carbocycles. The van der Waals surface area contributed by atoms with Crippen molar-refractivity contribution in [2.24, 2.45) is 35.7 Å². The summed E-state index contributed by atoms with van der Waals surface area (Å²) in [5, 5.41) is 14.8. The van der Waals surface area contributed by atoms with Crippen LogP contribution in [0.5, 0.6) is 0 Å². The molecule has 2 aliphatic heterocycles. The zero-order chi connectivity index (χ0) is 22.2. The van der Waals surface area contributed by atoms with Gasteiger partial charge >= 0.3 is 0 Å². The molecule has 2 amide bonds. The molecule has 3 heterocycles. The predicted molar refractivity (Wildman–Crippen MR) is 116 cm³/mol. The van der Waals surface area contributed by atoms with E-state index in [9.17, 15) is 9.59 Å². The number of allylic oxidation sites excluding steroid dienone is 2. The van der Waals surface area contributed by atoms with E-state index < -0.39 is 0 Å². The van der Waals surface area contributed by atoms with Crippen molar-refractivity contribution < 1.29 is 14.3 Å². The Morgan fingerprint density at radius 1 is 1.19 bits per heavy atom. The van der Waals surface area contributed by atoms with Crippen molar-refractivity contribution in [1.29, 1.82) is 0 Å². The molecule has 2 N–H and O–H groups in total. The number of aryl methyl sites for hydroxylation is 1. The van der Waals surface area contributed by atoms with E-state index in [-0.39, 0.29) is 41.6 Å². The van der Waals surface area contributed by atoms with E-state index >= 15 is 0 Å². The van der Waals surface area contributed by atoms with E-state index in [1.54, 1.807) is 0 Å². The zero-order valence-electron chi connectivity index (χ0n) is 18.7. The second-order valence-corrected chi connectivity index (χ2v) is 9.16. The number of nitrogens with one attached hydrogen (secondary N) is 2. The maximum atomic E-state index is 12.9. The first-order valence-corrected chi connectivity index (χ1v) is 11.5. The molecular weight excluding hydrogens is 410 g/mol. The van der Waals surface area contributed by atoms with E-state index in [0.717, 1.165) is 37.5 Å². The average Bonchev–Trinajstić information content (AvgIpc) is 3.60. The van der Waals surface area contributed by atoms with Crippen molar-refractivity contribution in [1.82, 2.24) is 30.3 Å². The van der Waals surface area contributed by atoms with Crippen molar-refractivity contribution in [2.75, 3.05) is 26.2 Å². The number of imide groups is 1. The number of nitrogens with zero attached hydrogens (tertiary/aromatic N) is 5. The summed E-state index contributed by atoms with van der Waals surface area (Å²) in [6.07, 6.45) is 7.45. The molecule has 2 aliphatic carbocycles. The van der Waals surface area contributed by atoms with Gasteiger partial charge in [-0.05, 0) is 38.0 Å². The maximum Gasteiger partial charge on any atom is 0.233 e. The van der Waals surface area contributed by atoms with Crippen molar-refractivity contribution in [3.05, 3.63) is 23.8 Å². The van der Waals surface area contributed by atoms with Crippen LogP contribution < -0.4 is 10.6 Å². The highest BCUT2D eigenvalue weighted by atomic mass is 16.5. The summed E-state index contributed by atoms with van der Waals surface area (Å²) in [7, 11) is 1.91. The maximum absolute atomic E-state index is 12.9. The molecular formula is C22H31N7O3. The highest BCUT2D eigenvalue weighted by Crippen LogP contribution is 2.52. The fourth-order valence-electron chi connectivity index (χ4n) is 5.40. The van der Waals surface area contributed by atoms with Crippen LogP contribution in [0.4, 0.5) is 0 Å². The molecule has 3 fully saturated rings. The fraction of sp³-hybridized carbons (Fsp3) is 0.682. The smallest absolute Gasteiger partial charge is 0.233 e. The third-order valence-electron chi connectivity index (χ3n) is 7.27. The molecule has 0 radical (unpaired) electrons. The summed E-state index contributed by atoms with van der Waals surface area (Å²) < 4.78 is 7.60. The Kier molecular flexibility index (Phi) is 5.71. The predicted octanol–water partition coefficient (Wildman–Crippen LogP) is 0.145. The normalized spacial score (nSPS) is 31.1. The molecule has 2 bridgehead atoms. The number of carbonyl (C=O) groups is 2. The van der Waals surface area contributed by atoms with Gasteiger partial charge in [-0.25, -0.2) is 4.99 Å². The van der Waals surface area contributed by atoms with Crippen molar-refractivity contribution >= 4 is 17.8 Å². The van der Waals surface area contributed by atoms with Crippen LogP contribution >= 0.6 is 0 Å². The number of guanidine groups is 1. The summed E-state index contributed by atoms with van der Waals surface area (Å²) in [5.41, 5.74) is 0. The van der Waals surface area contributed by atoms with Crippen LogP contribution in [0, 0.1) is 30.6 Å². The van der Waals surface area contributed by atoms with Gasteiger partial charge in [0.05, 0.1) is 17.9 Å². The average molecular weight is 442 g/mol. The first-order valence-electron chi connectivity index (χ1n) is 11.5. The van der Waals surface area contributed by atoms with Crippen LogP contribution in [-0.2, 0) is 27.9 Å². The number of fused-ring (bicyclic) bond motifs is 5. The Balaban J connectivity index is 1.19. The molecule has 10 nitrogen and oxygen atoms in total. The standard InChI is InChI=1S/C22H31N7O3/c1-13-26-27-17(28(13)2)12-25-22(24-11-16-4-3-9-32-16)23-7-8-29-20(30)18-14-5-6-15(10-14)19(18)21(29)31/h5-6,14-16,18-19H,3-4,7-12H2,1-2H3,(H2,23,24,25). The Hall–Kier alpha value is -2.75. The molecule has 4 aliphatic rings. The summed E-state index contributed by atoms with van der Waals surface area (Å²) >= 11 is 0. The molecule has 32 heavy (non-hydrogen) atoms. The largest absolute Gasteiger partial charge is 0.376 e.